The third-order valence-corrected chi connectivity index (χ3v) is 2.81. The first kappa shape index (κ1) is 13.7. The number of carboxylic acids is 1. The molecule has 0 aliphatic heterocycles. The highest BCUT2D eigenvalue weighted by Crippen LogP contribution is 2.15. The number of hydrogen-bond donors (Lipinski definition) is 1. The summed E-state index contributed by atoms with van der Waals surface area (Å²) in [6.07, 6.45) is 0.451. The monoisotopic (exact) mass is 271 g/mol. The van der Waals surface area contributed by atoms with Crippen LogP contribution in [0.3, 0.4) is 0 Å². The number of carboxylic acid groups (broad SMARTS) is 1. The van der Waals surface area contributed by atoms with Crippen LogP contribution in [0, 0.1) is 18.3 Å². The number of aliphatic carboxylic acids is 1. The molecule has 1 heterocycles. The van der Waals surface area contributed by atoms with E-state index in [1.807, 2.05) is 0 Å². The number of hydrogen-bond acceptors (Lipinski definition) is 5. The van der Waals surface area contributed by atoms with E-state index in [1.54, 1.807) is 25.1 Å². The molecule has 2 aromatic rings. The van der Waals surface area contributed by atoms with Gasteiger partial charge >= 0.3 is 5.97 Å². The van der Waals surface area contributed by atoms with E-state index in [-0.39, 0.29) is 6.42 Å². The molecule has 0 atom stereocenters. The second kappa shape index (κ2) is 5.93. The Morgan fingerprint density at radius 2 is 2.25 bits per heavy atom. The number of aromatic nitrogens is 4. The van der Waals surface area contributed by atoms with Crippen LogP contribution >= 0.6 is 0 Å². The lowest BCUT2D eigenvalue weighted by Crippen LogP contribution is -2.08. The quantitative estimate of drug-likeness (QED) is 0.866. The number of aryl methyl sites for hydroxylation is 2. The summed E-state index contributed by atoms with van der Waals surface area (Å²) in [4.78, 5) is 12.1. The predicted octanol–water partition coefficient (Wildman–Crippen LogP) is 0.919. The molecule has 7 heteroatoms. The summed E-state index contributed by atoms with van der Waals surface area (Å²) in [5.74, 6) is -0.288. The SMILES string of the molecule is Cc1nnn(Cc2cc(C#N)ccc2CCC(=O)O)n1. The zero-order valence-corrected chi connectivity index (χ0v) is 10.9. The third-order valence-electron chi connectivity index (χ3n) is 2.81. The maximum Gasteiger partial charge on any atom is 0.303 e. The molecular weight excluding hydrogens is 258 g/mol. The van der Waals surface area contributed by atoms with E-state index >= 15 is 0 Å². The number of nitrogens with zero attached hydrogens (tertiary/aromatic N) is 5. The molecule has 0 amide bonds. The Kier molecular flexibility index (Phi) is 4.05. The van der Waals surface area contributed by atoms with E-state index in [0.717, 1.165) is 11.1 Å². The lowest BCUT2D eigenvalue weighted by Gasteiger charge is -2.08. The van der Waals surface area contributed by atoms with E-state index in [9.17, 15) is 4.79 Å². The average molecular weight is 271 g/mol. The fourth-order valence-electron chi connectivity index (χ4n) is 1.87. The van der Waals surface area contributed by atoms with Crippen molar-refractivity contribution in [2.75, 3.05) is 0 Å². The summed E-state index contributed by atoms with van der Waals surface area (Å²) < 4.78 is 0. The minimum absolute atomic E-state index is 0.0444. The van der Waals surface area contributed by atoms with Gasteiger partial charge in [0.05, 0.1) is 18.2 Å². The van der Waals surface area contributed by atoms with E-state index < -0.39 is 5.97 Å². The molecule has 0 unspecified atom stereocenters. The van der Waals surface area contributed by atoms with E-state index in [0.29, 0.717) is 24.4 Å². The van der Waals surface area contributed by atoms with Crippen molar-refractivity contribution in [3.05, 3.63) is 40.7 Å². The average Bonchev–Trinajstić information content (AvgIpc) is 2.82. The molecule has 0 aliphatic rings. The lowest BCUT2D eigenvalue weighted by molar-refractivity contribution is -0.136. The van der Waals surface area contributed by atoms with Crippen molar-refractivity contribution in [2.24, 2.45) is 0 Å². The molecule has 2 rings (SSSR count). The van der Waals surface area contributed by atoms with Crippen LogP contribution < -0.4 is 0 Å². The van der Waals surface area contributed by atoms with Crippen molar-refractivity contribution >= 4 is 5.97 Å². The maximum atomic E-state index is 10.7. The van der Waals surface area contributed by atoms with Gasteiger partial charge in [-0.3, -0.25) is 4.79 Å². The molecule has 0 spiro atoms. The van der Waals surface area contributed by atoms with Gasteiger partial charge in [0, 0.05) is 6.42 Å². The van der Waals surface area contributed by atoms with Gasteiger partial charge in [-0.1, -0.05) is 6.07 Å². The molecule has 7 nitrogen and oxygen atoms in total. The van der Waals surface area contributed by atoms with Gasteiger partial charge in [-0.15, -0.1) is 10.2 Å². The summed E-state index contributed by atoms with van der Waals surface area (Å²) in [5.41, 5.74) is 2.24. The Morgan fingerprint density at radius 3 is 2.85 bits per heavy atom. The second-order valence-corrected chi connectivity index (χ2v) is 4.36. The topological polar surface area (TPSA) is 105 Å². The fourth-order valence-corrected chi connectivity index (χ4v) is 1.87. The third kappa shape index (κ3) is 3.38. The highest BCUT2D eigenvalue weighted by Gasteiger charge is 2.09. The number of tetrazole rings is 1. The fraction of sp³-hybridized carbons (Fsp3) is 0.308. The molecule has 1 aromatic heterocycles. The lowest BCUT2D eigenvalue weighted by atomic mass is 10.0. The Bertz CT molecular complexity index is 672. The van der Waals surface area contributed by atoms with Crippen LogP contribution in [0.5, 0.6) is 0 Å². The van der Waals surface area contributed by atoms with Gasteiger partial charge < -0.3 is 5.11 Å². The first-order valence-corrected chi connectivity index (χ1v) is 6.06. The van der Waals surface area contributed by atoms with Crippen LogP contribution in [0.1, 0.15) is 28.9 Å². The maximum absolute atomic E-state index is 10.7. The van der Waals surface area contributed by atoms with E-state index in [1.165, 1.54) is 4.80 Å². The smallest absolute Gasteiger partial charge is 0.303 e. The summed E-state index contributed by atoms with van der Waals surface area (Å²) in [5, 5.41) is 29.5. The molecule has 1 aromatic carbocycles. The van der Waals surface area contributed by atoms with Gasteiger partial charge in [-0.05, 0) is 41.8 Å². The van der Waals surface area contributed by atoms with Gasteiger partial charge in [-0.2, -0.15) is 10.1 Å². The molecule has 102 valence electrons. The first-order chi connectivity index (χ1) is 9.58. The van der Waals surface area contributed by atoms with Gasteiger partial charge in [0.1, 0.15) is 0 Å². The van der Waals surface area contributed by atoms with Crippen molar-refractivity contribution in [3.8, 4) is 6.07 Å². The van der Waals surface area contributed by atoms with Gasteiger partial charge in [0.15, 0.2) is 5.82 Å². The summed E-state index contributed by atoms with van der Waals surface area (Å²) in [6.45, 7) is 2.10. The normalized spacial score (nSPS) is 10.2. The number of carbonyl (C=O) groups is 1. The first-order valence-electron chi connectivity index (χ1n) is 6.06. The van der Waals surface area contributed by atoms with Gasteiger partial charge in [0.25, 0.3) is 0 Å². The standard InChI is InChI=1S/C13H13N5O2/c1-9-15-17-18(16-9)8-12-6-10(7-14)2-3-11(12)4-5-13(19)20/h2-3,6H,4-5,8H2,1H3,(H,19,20). The van der Waals surface area contributed by atoms with Crippen molar-refractivity contribution in [2.45, 2.75) is 26.3 Å². The summed E-state index contributed by atoms with van der Waals surface area (Å²) in [6, 6.07) is 7.26. The van der Waals surface area contributed by atoms with Crippen molar-refractivity contribution in [1.29, 1.82) is 5.26 Å². The minimum Gasteiger partial charge on any atom is -0.481 e. The molecule has 20 heavy (non-hydrogen) atoms. The van der Waals surface area contributed by atoms with Crippen molar-refractivity contribution < 1.29 is 9.90 Å². The Morgan fingerprint density at radius 1 is 1.45 bits per heavy atom. The van der Waals surface area contributed by atoms with Crippen molar-refractivity contribution in [3.63, 3.8) is 0 Å². The molecule has 0 bridgehead atoms. The largest absolute Gasteiger partial charge is 0.481 e. The molecule has 0 saturated heterocycles. The van der Waals surface area contributed by atoms with Crippen LogP contribution in [-0.2, 0) is 17.8 Å². The molecule has 0 fully saturated rings. The van der Waals surface area contributed by atoms with Crippen LogP contribution in [0.15, 0.2) is 18.2 Å². The Hall–Kier alpha value is -2.75. The zero-order chi connectivity index (χ0) is 14.5. The van der Waals surface area contributed by atoms with Gasteiger partial charge in [0.2, 0.25) is 0 Å². The van der Waals surface area contributed by atoms with Crippen LogP contribution in [-0.4, -0.2) is 31.3 Å². The van der Waals surface area contributed by atoms with Crippen LogP contribution in [0.25, 0.3) is 0 Å². The number of rotatable bonds is 5. The Labute approximate surface area is 115 Å². The summed E-state index contributed by atoms with van der Waals surface area (Å²) >= 11 is 0. The zero-order valence-electron chi connectivity index (χ0n) is 10.9. The molecule has 0 radical (unpaired) electrons. The molecule has 0 saturated carbocycles. The number of nitriles is 1. The molecular formula is C13H13N5O2. The summed E-state index contributed by atoms with van der Waals surface area (Å²) in [7, 11) is 0. The molecule has 0 aliphatic carbocycles. The minimum atomic E-state index is -0.852. The molecule has 1 N–H and O–H groups in total. The highest BCUT2D eigenvalue weighted by molar-refractivity contribution is 5.67. The van der Waals surface area contributed by atoms with Crippen LogP contribution in [0.4, 0.5) is 0 Å². The van der Waals surface area contributed by atoms with Crippen molar-refractivity contribution in [1.82, 2.24) is 20.2 Å². The van der Waals surface area contributed by atoms with Crippen LogP contribution in [0.2, 0.25) is 0 Å². The second-order valence-electron chi connectivity index (χ2n) is 4.36. The van der Waals surface area contributed by atoms with E-state index in [4.69, 9.17) is 10.4 Å². The predicted molar refractivity (Wildman–Crippen MR) is 68.8 cm³/mol. The highest BCUT2D eigenvalue weighted by atomic mass is 16.4. The van der Waals surface area contributed by atoms with Gasteiger partial charge in [-0.25, -0.2) is 0 Å². The Balaban J connectivity index is 2.27. The number of benzene rings is 1. The van der Waals surface area contributed by atoms with E-state index in [2.05, 4.69) is 21.5 Å².